The molecular weight excluding hydrogens is 396 g/mol. The Hall–Kier alpha value is -2.72. The zero-order valence-electron chi connectivity index (χ0n) is 15.1. The summed E-state index contributed by atoms with van der Waals surface area (Å²) in [5, 5.41) is 17.3. The van der Waals surface area contributed by atoms with Gasteiger partial charge in [0, 0.05) is 17.3 Å². The highest BCUT2D eigenvalue weighted by Crippen LogP contribution is 2.32. The van der Waals surface area contributed by atoms with Crippen molar-refractivity contribution in [1.82, 2.24) is 20.2 Å². The van der Waals surface area contributed by atoms with E-state index in [1.165, 1.54) is 11.8 Å². The Balaban J connectivity index is 1.50. The van der Waals surface area contributed by atoms with E-state index in [-0.39, 0.29) is 30.0 Å². The molecule has 0 spiro atoms. The average molecular weight is 415 g/mol. The minimum atomic E-state index is -0.237. The highest BCUT2D eigenvalue weighted by Gasteiger charge is 2.29. The number of hydrogen-bond acceptors (Lipinski definition) is 7. The first-order valence-electron chi connectivity index (χ1n) is 8.74. The maximum absolute atomic E-state index is 13.0. The molecular formula is C18H18N6O2S2. The van der Waals surface area contributed by atoms with Crippen molar-refractivity contribution in [2.24, 2.45) is 0 Å². The molecule has 2 amide bonds. The monoisotopic (exact) mass is 414 g/mol. The second kappa shape index (κ2) is 8.11. The molecule has 0 saturated carbocycles. The number of tetrazole rings is 1. The number of amides is 2. The number of hydrogen-bond donors (Lipinski definition) is 1. The number of nitrogens with zero attached hydrogens (tertiary/aromatic N) is 5. The highest BCUT2D eigenvalue weighted by atomic mass is 32.2. The molecule has 144 valence electrons. The molecule has 0 radical (unpaired) electrons. The van der Waals surface area contributed by atoms with Crippen LogP contribution >= 0.6 is 23.1 Å². The molecule has 1 aliphatic heterocycles. The number of carbonyl (C=O) groups excluding carboxylic acids is 2. The first-order chi connectivity index (χ1) is 13.6. The van der Waals surface area contributed by atoms with Crippen LogP contribution in [0.15, 0.2) is 46.9 Å². The van der Waals surface area contributed by atoms with Crippen LogP contribution in [-0.2, 0) is 16.1 Å². The van der Waals surface area contributed by atoms with Crippen molar-refractivity contribution < 1.29 is 9.59 Å². The van der Waals surface area contributed by atoms with E-state index in [0.717, 1.165) is 4.88 Å². The van der Waals surface area contributed by atoms with Gasteiger partial charge in [-0.05, 0) is 40.9 Å². The number of benzene rings is 1. The fraction of sp³-hybridized carbons (Fsp3) is 0.278. The van der Waals surface area contributed by atoms with Crippen LogP contribution in [0.25, 0.3) is 0 Å². The van der Waals surface area contributed by atoms with Gasteiger partial charge < -0.3 is 10.2 Å². The number of aromatic nitrogens is 4. The molecule has 8 nitrogen and oxygen atoms in total. The molecule has 3 heterocycles. The molecule has 0 aliphatic carbocycles. The van der Waals surface area contributed by atoms with Gasteiger partial charge in [-0.3, -0.25) is 9.59 Å². The standard InChI is InChI=1S/C18H18N6O2S2/c1-12-9-16(25)19-14-6-2-3-7-15(14)24(12)17(26)11-28-18-20-21-22-23(18)10-13-5-4-8-27-13/h2-8,12H,9-11H2,1H3,(H,19,25). The topological polar surface area (TPSA) is 93.0 Å². The van der Waals surface area contributed by atoms with Gasteiger partial charge >= 0.3 is 0 Å². The van der Waals surface area contributed by atoms with E-state index < -0.39 is 0 Å². The Labute approximate surface area is 169 Å². The Morgan fingerprint density at radius 3 is 3.00 bits per heavy atom. The lowest BCUT2D eigenvalue weighted by Crippen LogP contribution is -2.40. The van der Waals surface area contributed by atoms with Gasteiger partial charge in [-0.25, -0.2) is 4.68 Å². The fourth-order valence-electron chi connectivity index (χ4n) is 3.11. The van der Waals surface area contributed by atoms with E-state index in [0.29, 0.717) is 23.1 Å². The van der Waals surface area contributed by atoms with Gasteiger partial charge in [0.15, 0.2) is 0 Å². The Morgan fingerprint density at radius 1 is 1.32 bits per heavy atom. The van der Waals surface area contributed by atoms with Crippen LogP contribution in [0.1, 0.15) is 18.2 Å². The van der Waals surface area contributed by atoms with Gasteiger partial charge in [0.1, 0.15) is 0 Å². The van der Waals surface area contributed by atoms with E-state index >= 15 is 0 Å². The van der Waals surface area contributed by atoms with Gasteiger partial charge in [-0.2, -0.15) is 0 Å². The van der Waals surface area contributed by atoms with Crippen molar-refractivity contribution >= 4 is 46.3 Å². The van der Waals surface area contributed by atoms with E-state index in [1.807, 2.05) is 42.6 Å². The van der Waals surface area contributed by atoms with Crippen LogP contribution in [-0.4, -0.2) is 43.8 Å². The summed E-state index contributed by atoms with van der Waals surface area (Å²) in [5.74, 6) is -0.00701. The molecule has 1 aliphatic rings. The lowest BCUT2D eigenvalue weighted by atomic mass is 10.2. The molecule has 0 bridgehead atoms. The number of nitrogens with one attached hydrogen (secondary N) is 1. The van der Waals surface area contributed by atoms with Crippen molar-refractivity contribution in [3.05, 3.63) is 46.7 Å². The predicted octanol–water partition coefficient (Wildman–Crippen LogP) is 2.64. The summed E-state index contributed by atoms with van der Waals surface area (Å²) >= 11 is 2.93. The van der Waals surface area contributed by atoms with Gasteiger partial charge in [0.25, 0.3) is 0 Å². The summed E-state index contributed by atoms with van der Waals surface area (Å²) in [4.78, 5) is 28.0. The van der Waals surface area contributed by atoms with Crippen LogP contribution < -0.4 is 10.2 Å². The van der Waals surface area contributed by atoms with Crippen LogP contribution in [0.5, 0.6) is 0 Å². The Kier molecular flexibility index (Phi) is 5.40. The molecule has 28 heavy (non-hydrogen) atoms. The summed E-state index contributed by atoms with van der Waals surface area (Å²) in [6, 6.07) is 11.1. The summed E-state index contributed by atoms with van der Waals surface area (Å²) < 4.78 is 1.69. The van der Waals surface area contributed by atoms with Crippen molar-refractivity contribution in [2.75, 3.05) is 16.0 Å². The molecule has 1 aromatic carbocycles. The maximum Gasteiger partial charge on any atom is 0.237 e. The molecule has 3 aromatic rings. The maximum atomic E-state index is 13.0. The first kappa shape index (κ1) is 18.6. The average Bonchev–Trinajstić information content (AvgIpc) is 3.31. The summed E-state index contributed by atoms with van der Waals surface area (Å²) in [7, 11) is 0. The largest absolute Gasteiger partial charge is 0.324 e. The van der Waals surface area contributed by atoms with Gasteiger partial charge in [-0.15, -0.1) is 16.4 Å². The lowest BCUT2D eigenvalue weighted by molar-refractivity contribution is -0.117. The van der Waals surface area contributed by atoms with Crippen LogP contribution in [0, 0.1) is 0 Å². The number of thioether (sulfide) groups is 1. The van der Waals surface area contributed by atoms with Gasteiger partial charge in [0.2, 0.25) is 17.0 Å². The third-order valence-electron chi connectivity index (χ3n) is 4.34. The molecule has 4 rings (SSSR count). The number of fused-ring (bicyclic) bond motifs is 1. The zero-order chi connectivity index (χ0) is 19.5. The molecule has 2 aromatic heterocycles. The Bertz CT molecular complexity index is 988. The Morgan fingerprint density at radius 2 is 2.18 bits per heavy atom. The highest BCUT2D eigenvalue weighted by molar-refractivity contribution is 7.99. The predicted molar refractivity (Wildman–Crippen MR) is 109 cm³/mol. The molecule has 10 heteroatoms. The number of thiophene rings is 1. The van der Waals surface area contributed by atoms with Crippen molar-refractivity contribution in [3.63, 3.8) is 0 Å². The van der Waals surface area contributed by atoms with Crippen molar-refractivity contribution in [3.8, 4) is 0 Å². The second-order valence-electron chi connectivity index (χ2n) is 6.37. The fourth-order valence-corrected chi connectivity index (χ4v) is 4.53. The van der Waals surface area contributed by atoms with Crippen molar-refractivity contribution in [2.45, 2.75) is 31.1 Å². The SMILES string of the molecule is CC1CC(=O)Nc2ccccc2N1C(=O)CSc1nnnn1Cc1cccs1. The van der Waals surface area contributed by atoms with Gasteiger partial charge in [-0.1, -0.05) is 30.0 Å². The molecule has 1 unspecified atom stereocenters. The zero-order valence-corrected chi connectivity index (χ0v) is 16.7. The number of rotatable bonds is 5. The van der Waals surface area contributed by atoms with E-state index in [9.17, 15) is 9.59 Å². The lowest BCUT2D eigenvalue weighted by Gasteiger charge is -2.27. The van der Waals surface area contributed by atoms with E-state index in [4.69, 9.17) is 0 Å². The quantitative estimate of drug-likeness (QED) is 0.645. The number of carbonyl (C=O) groups is 2. The van der Waals surface area contributed by atoms with Crippen molar-refractivity contribution in [1.29, 1.82) is 0 Å². The second-order valence-corrected chi connectivity index (χ2v) is 8.34. The number of para-hydroxylation sites is 2. The third-order valence-corrected chi connectivity index (χ3v) is 6.14. The van der Waals surface area contributed by atoms with E-state index in [2.05, 4.69) is 20.8 Å². The summed E-state index contributed by atoms with van der Waals surface area (Å²) in [5.41, 5.74) is 1.36. The normalized spacial score (nSPS) is 16.4. The van der Waals surface area contributed by atoms with Gasteiger partial charge in [0.05, 0.1) is 23.7 Å². The smallest absolute Gasteiger partial charge is 0.237 e. The van der Waals surface area contributed by atoms with Crippen LogP contribution in [0.3, 0.4) is 0 Å². The van der Waals surface area contributed by atoms with Crippen LogP contribution in [0.4, 0.5) is 11.4 Å². The molecule has 0 saturated heterocycles. The minimum Gasteiger partial charge on any atom is -0.324 e. The minimum absolute atomic E-state index is 0.0906. The summed E-state index contributed by atoms with van der Waals surface area (Å²) in [6.07, 6.45) is 0.251. The van der Waals surface area contributed by atoms with Crippen LogP contribution in [0.2, 0.25) is 0 Å². The first-order valence-corrected chi connectivity index (χ1v) is 10.6. The number of anilines is 2. The molecule has 0 fully saturated rings. The van der Waals surface area contributed by atoms with E-state index in [1.54, 1.807) is 27.0 Å². The summed E-state index contributed by atoms with van der Waals surface area (Å²) in [6.45, 7) is 2.45. The molecule has 1 atom stereocenters. The third kappa shape index (κ3) is 3.92. The molecule has 1 N–H and O–H groups in total.